The molecule has 0 aliphatic rings. The first-order valence-corrected chi connectivity index (χ1v) is 9.53. The second-order valence-electron chi connectivity index (χ2n) is 5.80. The summed E-state index contributed by atoms with van der Waals surface area (Å²) in [4.78, 5) is 10.2. The summed E-state index contributed by atoms with van der Waals surface area (Å²) in [5.74, 6) is 0.704. The van der Waals surface area contributed by atoms with E-state index in [9.17, 15) is 0 Å². The van der Waals surface area contributed by atoms with E-state index in [1.54, 1.807) is 23.5 Å². The van der Waals surface area contributed by atoms with Gasteiger partial charge >= 0.3 is 0 Å². The van der Waals surface area contributed by atoms with Crippen molar-refractivity contribution in [1.29, 1.82) is 5.26 Å². The topological polar surface area (TPSA) is 70.8 Å². The van der Waals surface area contributed by atoms with Gasteiger partial charge in [0.15, 0.2) is 5.13 Å². The van der Waals surface area contributed by atoms with Crippen LogP contribution in [0.15, 0.2) is 23.6 Å². The highest BCUT2D eigenvalue weighted by atomic mass is 79.9. The van der Waals surface area contributed by atoms with Crippen molar-refractivity contribution < 1.29 is 4.74 Å². The number of hydrogen-bond acceptors (Lipinski definition) is 7. The fraction of sp³-hybridized carbons (Fsp3) is 0.278. The van der Waals surface area contributed by atoms with Crippen LogP contribution in [0.25, 0.3) is 10.6 Å². The van der Waals surface area contributed by atoms with Crippen LogP contribution >= 0.6 is 39.7 Å². The molecule has 1 N–H and O–H groups in total. The number of rotatable bonds is 5. The molecule has 136 valence electrons. The summed E-state index contributed by atoms with van der Waals surface area (Å²) in [6.45, 7) is 7.93. The number of hydrogen-bond donors (Lipinski definition) is 1. The molecule has 0 atom stereocenters. The molecule has 0 unspecified atom stereocenters. The molecule has 0 aliphatic carbocycles. The zero-order chi connectivity index (χ0) is 18.0. The Morgan fingerprint density at radius 2 is 2.00 bits per heavy atom. The van der Waals surface area contributed by atoms with E-state index in [1.165, 1.54) is 11.3 Å². The molecule has 0 fully saturated rings. The number of anilines is 2. The Morgan fingerprint density at radius 1 is 1.23 bits per heavy atom. The number of thiazole rings is 2. The van der Waals surface area contributed by atoms with Gasteiger partial charge in [-0.25, -0.2) is 9.97 Å². The van der Waals surface area contributed by atoms with Gasteiger partial charge < -0.3 is 10.1 Å². The lowest BCUT2D eigenvalue weighted by Gasteiger charge is -2.14. The maximum atomic E-state index is 9.15. The summed E-state index contributed by atoms with van der Waals surface area (Å²) in [5, 5.41) is 16.2. The standard InChI is InChI=1S/C18H18N4OS2.BrH/c1-10(2)23-16-6-5-13(8-19)7-14(16)21-18-22-15(9-24-18)17-11(3)20-12(4)25-17;/h5-7,9-10H,1-4H3,(H,21,22);1H. The number of aromatic nitrogens is 2. The van der Waals surface area contributed by atoms with Crippen molar-refractivity contribution in [3.05, 3.63) is 39.8 Å². The Morgan fingerprint density at radius 3 is 2.62 bits per heavy atom. The molecular formula is C18H19BrN4OS2. The molecule has 8 heteroatoms. The molecule has 0 saturated carbocycles. The smallest absolute Gasteiger partial charge is 0.187 e. The van der Waals surface area contributed by atoms with E-state index in [4.69, 9.17) is 10.00 Å². The van der Waals surface area contributed by atoms with Crippen LogP contribution in [-0.2, 0) is 0 Å². The van der Waals surface area contributed by atoms with Gasteiger partial charge in [0.2, 0.25) is 0 Å². The summed E-state index contributed by atoms with van der Waals surface area (Å²) in [6.07, 6.45) is 0.0446. The first-order chi connectivity index (χ1) is 12.0. The SMILES string of the molecule is Br.Cc1nc(C)c(-c2csc(Nc3cc(C#N)ccc3OC(C)C)n2)s1. The number of halogens is 1. The van der Waals surface area contributed by atoms with Crippen LogP contribution in [0.4, 0.5) is 10.8 Å². The minimum Gasteiger partial charge on any atom is -0.489 e. The summed E-state index contributed by atoms with van der Waals surface area (Å²) in [7, 11) is 0. The number of ether oxygens (including phenoxy) is 1. The van der Waals surface area contributed by atoms with Crippen LogP contribution in [0.5, 0.6) is 5.75 Å². The predicted octanol–water partition coefficient (Wildman–Crippen LogP) is 5.86. The second-order valence-corrected chi connectivity index (χ2v) is 7.86. The van der Waals surface area contributed by atoms with Crippen LogP contribution in [0.3, 0.4) is 0 Å². The van der Waals surface area contributed by atoms with Gasteiger partial charge in [-0.3, -0.25) is 0 Å². The highest BCUT2D eigenvalue weighted by Gasteiger charge is 2.13. The van der Waals surface area contributed by atoms with Crippen molar-refractivity contribution in [2.45, 2.75) is 33.8 Å². The van der Waals surface area contributed by atoms with Crippen molar-refractivity contribution in [3.8, 4) is 22.4 Å². The van der Waals surface area contributed by atoms with Crippen molar-refractivity contribution >= 4 is 50.5 Å². The first-order valence-electron chi connectivity index (χ1n) is 7.84. The van der Waals surface area contributed by atoms with E-state index < -0.39 is 0 Å². The largest absolute Gasteiger partial charge is 0.489 e. The molecule has 0 radical (unpaired) electrons. The van der Waals surface area contributed by atoms with Crippen LogP contribution in [0.2, 0.25) is 0 Å². The third-order valence-electron chi connectivity index (χ3n) is 3.35. The van der Waals surface area contributed by atoms with Gasteiger partial charge in [0, 0.05) is 5.38 Å². The van der Waals surface area contributed by atoms with E-state index in [0.29, 0.717) is 11.3 Å². The molecule has 0 spiro atoms. The monoisotopic (exact) mass is 450 g/mol. The average molecular weight is 451 g/mol. The van der Waals surface area contributed by atoms with Crippen molar-refractivity contribution in [2.75, 3.05) is 5.32 Å². The van der Waals surface area contributed by atoms with E-state index in [0.717, 1.165) is 32.1 Å². The molecule has 3 rings (SSSR count). The highest BCUT2D eigenvalue weighted by molar-refractivity contribution is 8.93. The lowest BCUT2D eigenvalue weighted by atomic mass is 10.2. The maximum Gasteiger partial charge on any atom is 0.187 e. The minimum absolute atomic E-state index is 0. The van der Waals surface area contributed by atoms with Crippen LogP contribution in [0, 0.1) is 25.2 Å². The molecule has 0 aliphatic heterocycles. The van der Waals surface area contributed by atoms with Crippen molar-refractivity contribution in [2.24, 2.45) is 0 Å². The van der Waals surface area contributed by atoms with Crippen LogP contribution in [-0.4, -0.2) is 16.1 Å². The summed E-state index contributed by atoms with van der Waals surface area (Å²) >= 11 is 3.16. The molecule has 3 aromatic rings. The minimum atomic E-state index is 0. The number of nitriles is 1. The molecule has 0 bridgehead atoms. The predicted molar refractivity (Wildman–Crippen MR) is 113 cm³/mol. The maximum absolute atomic E-state index is 9.15. The zero-order valence-electron chi connectivity index (χ0n) is 14.9. The third-order valence-corrected chi connectivity index (χ3v) is 5.21. The zero-order valence-corrected chi connectivity index (χ0v) is 18.2. The van der Waals surface area contributed by atoms with E-state index in [2.05, 4.69) is 21.4 Å². The Labute approximate surface area is 171 Å². The van der Waals surface area contributed by atoms with Gasteiger partial charge in [-0.1, -0.05) is 0 Å². The molecule has 0 saturated heterocycles. The summed E-state index contributed by atoms with van der Waals surface area (Å²) in [6, 6.07) is 7.50. The average Bonchev–Trinajstić information content (AvgIpc) is 3.14. The number of nitrogens with one attached hydrogen (secondary N) is 1. The molecule has 1 aromatic carbocycles. The van der Waals surface area contributed by atoms with Gasteiger partial charge in [-0.2, -0.15) is 5.26 Å². The quantitative estimate of drug-likeness (QED) is 0.526. The lowest BCUT2D eigenvalue weighted by molar-refractivity contribution is 0.244. The van der Waals surface area contributed by atoms with E-state index >= 15 is 0 Å². The van der Waals surface area contributed by atoms with Crippen molar-refractivity contribution in [3.63, 3.8) is 0 Å². The van der Waals surface area contributed by atoms with Gasteiger partial charge in [0.1, 0.15) is 5.75 Å². The molecule has 2 heterocycles. The van der Waals surface area contributed by atoms with Gasteiger partial charge in [0.25, 0.3) is 0 Å². The third kappa shape index (κ3) is 4.61. The van der Waals surface area contributed by atoms with E-state index in [1.807, 2.05) is 39.1 Å². The number of aryl methyl sites for hydroxylation is 2. The van der Waals surface area contributed by atoms with Crippen LogP contribution in [0.1, 0.15) is 30.1 Å². The molecule has 2 aromatic heterocycles. The first kappa shape index (κ1) is 20.4. The molecule has 0 amide bonds. The van der Waals surface area contributed by atoms with E-state index in [-0.39, 0.29) is 23.1 Å². The van der Waals surface area contributed by atoms with Crippen molar-refractivity contribution in [1.82, 2.24) is 9.97 Å². The lowest BCUT2D eigenvalue weighted by Crippen LogP contribution is -2.07. The Hall–Kier alpha value is -1.95. The van der Waals surface area contributed by atoms with Gasteiger partial charge in [-0.15, -0.1) is 39.7 Å². The molecular weight excluding hydrogens is 432 g/mol. The summed E-state index contributed by atoms with van der Waals surface area (Å²) in [5.41, 5.74) is 3.23. The number of benzene rings is 1. The second kappa shape index (κ2) is 8.62. The fourth-order valence-corrected chi connectivity index (χ4v) is 4.04. The fourth-order valence-electron chi connectivity index (χ4n) is 2.37. The normalized spacial score (nSPS) is 10.3. The van der Waals surface area contributed by atoms with Crippen LogP contribution < -0.4 is 10.1 Å². The van der Waals surface area contributed by atoms with Gasteiger partial charge in [0.05, 0.1) is 44.7 Å². The molecule has 26 heavy (non-hydrogen) atoms. The molecule has 5 nitrogen and oxygen atoms in total. The highest BCUT2D eigenvalue weighted by Crippen LogP contribution is 2.35. The number of nitrogens with zero attached hydrogens (tertiary/aromatic N) is 3. The Bertz CT molecular complexity index is 943. The van der Waals surface area contributed by atoms with Gasteiger partial charge in [-0.05, 0) is 45.9 Å². The Kier molecular flexibility index (Phi) is 6.75. The summed E-state index contributed by atoms with van der Waals surface area (Å²) < 4.78 is 5.83. The Balaban J connectivity index is 0.00000243.